The first kappa shape index (κ1) is 23.1. The third kappa shape index (κ3) is 5.79. The molecule has 9 heteroatoms. The Morgan fingerprint density at radius 1 is 1.06 bits per heavy atom. The maximum Gasteiger partial charge on any atom is 0.267 e. The SMILES string of the molecule is C[C@@H](N)[C@H](NC(=O)c1ccc(-c2ccc(CNCc3nccn3C)cc2)cc1)C(=O)NO. The van der Waals surface area contributed by atoms with E-state index in [9.17, 15) is 9.59 Å². The predicted molar refractivity (Wildman–Crippen MR) is 120 cm³/mol. The zero-order valence-electron chi connectivity index (χ0n) is 18.1. The van der Waals surface area contributed by atoms with Gasteiger partial charge in [-0.25, -0.2) is 10.5 Å². The quantitative estimate of drug-likeness (QED) is 0.254. The highest BCUT2D eigenvalue weighted by Gasteiger charge is 2.24. The summed E-state index contributed by atoms with van der Waals surface area (Å²) >= 11 is 0. The number of hydroxylamine groups is 1. The van der Waals surface area contributed by atoms with Gasteiger partial charge >= 0.3 is 0 Å². The number of amides is 2. The summed E-state index contributed by atoms with van der Waals surface area (Å²) in [4.78, 5) is 28.4. The number of aryl methyl sites for hydroxylation is 1. The minimum absolute atomic E-state index is 0.389. The number of hydrogen-bond donors (Lipinski definition) is 5. The van der Waals surface area contributed by atoms with E-state index in [1.807, 2.05) is 42.1 Å². The van der Waals surface area contributed by atoms with Crippen molar-refractivity contribution in [3.63, 3.8) is 0 Å². The number of hydrogen-bond acceptors (Lipinski definition) is 6. The fourth-order valence-corrected chi connectivity index (χ4v) is 3.24. The van der Waals surface area contributed by atoms with Gasteiger partial charge in [0.1, 0.15) is 11.9 Å². The van der Waals surface area contributed by atoms with E-state index >= 15 is 0 Å². The van der Waals surface area contributed by atoms with Gasteiger partial charge in [0.2, 0.25) is 0 Å². The summed E-state index contributed by atoms with van der Waals surface area (Å²) in [5.74, 6) is -0.231. The molecule has 0 aliphatic rings. The Bertz CT molecular complexity index is 1040. The first-order chi connectivity index (χ1) is 15.4. The molecular formula is C23H28N6O3. The van der Waals surface area contributed by atoms with Gasteiger partial charge in [-0.2, -0.15) is 0 Å². The summed E-state index contributed by atoms with van der Waals surface area (Å²) in [5.41, 5.74) is 10.8. The van der Waals surface area contributed by atoms with E-state index in [4.69, 9.17) is 10.9 Å². The van der Waals surface area contributed by atoms with Crippen molar-refractivity contribution < 1.29 is 14.8 Å². The lowest BCUT2D eigenvalue weighted by atomic mass is 10.0. The summed E-state index contributed by atoms with van der Waals surface area (Å²) in [6.07, 6.45) is 3.70. The molecule has 0 spiro atoms. The van der Waals surface area contributed by atoms with Gasteiger partial charge < -0.3 is 20.9 Å². The molecule has 0 aliphatic carbocycles. The summed E-state index contributed by atoms with van der Waals surface area (Å²) in [6.45, 7) is 2.99. The van der Waals surface area contributed by atoms with Crippen LogP contribution in [0.25, 0.3) is 11.1 Å². The van der Waals surface area contributed by atoms with E-state index in [2.05, 4.69) is 27.8 Å². The molecule has 0 fully saturated rings. The Labute approximate surface area is 186 Å². The molecule has 0 unspecified atom stereocenters. The van der Waals surface area contributed by atoms with Gasteiger partial charge in [0.15, 0.2) is 0 Å². The molecule has 0 aliphatic heterocycles. The summed E-state index contributed by atoms with van der Waals surface area (Å²) < 4.78 is 1.98. The number of carbonyl (C=O) groups excluding carboxylic acids is 2. The minimum Gasteiger partial charge on any atom is -0.339 e. The Morgan fingerprint density at radius 3 is 2.22 bits per heavy atom. The Morgan fingerprint density at radius 2 is 1.69 bits per heavy atom. The number of nitrogens with two attached hydrogens (primary N) is 1. The lowest BCUT2D eigenvalue weighted by Gasteiger charge is -2.20. The van der Waals surface area contributed by atoms with Crippen molar-refractivity contribution in [2.45, 2.75) is 32.1 Å². The second-order valence-corrected chi connectivity index (χ2v) is 7.62. The van der Waals surface area contributed by atoms with Gasteiger partial charge in [-0.1, -0.05) is 36.4 Å². The largest absolute Gasteiger partial charge is 0.339 e. The lowest BCUT2D eigenvalue weighted by Crippen LogP contribution is -2.54. The summed E-state index contributed by atoms with van der Waals surface area (Å²) in [5, 5.41) is 14.7. The molecule has 2 amide bonds. The van der Waals surface area contributed by atoms with Gasteiger partial charge in [0, 0.05) is 37.6 Å². The zero-order chi connectivity index (χ0) is 23.1. The van der Waals surface area contributed by atoms with Gasteiger partial charge in [0.05, 0.1) is 6.54 Å². The van der Waals surface area contributed by atoms with Crippen LogP contribution in [0.1, 0.15) is 28.7 Å². The van der Waals surface area contributed by atoms with Crippen LogP contribution >= 0.6 is 0 Å². The smallest absolute Gasteiger partial charge is 0.267 e. The molecule has 3 aromatic rings. The van der Waals surface area contributed by atoms with E-state index in [1.165, 1.54) is 5.48 Å². The van der Waals surface area contributed by atoms with Crippen LogP contribution < -0.4 is 21.8 Å². The van der Waals surface area contributed by atoms with Gasteiger partial charge in [-0.3, -0.25) is 14.8 Å². The van der Waals surface area contributed by atoms with Crippen molar-refractivity contribution in [1.29, 1.82) is 0 Å². The van der Waals surface area contributed by atoms with Crippen molar-refractivity contribution in [1.82, 2.24) is 25.7 Å². The maximum atomic E-state index is 12.4. The van der Waals surface area contributed by atoms with Crippen molar-refractivity contribution in [2.75, 3.05) is 0 Å². The number of imidazole rings is 1. The van der Waals surface area contributed by atoms with E-state index in [0.29, 0.717) is 12.1 Å². The number of benzene rings is 2. The molecule has 3 rings (SSSR count). The number of rotatable bonds is 9. The second-order valence-electron chi connectivity index (χ2n) is 7.62. The molecule has 2 aromatic carbocycles. The van der Waals surface area contributed by atoms with Crippen LogP contribution in [-0.4, -0.2) is 38.7 Å². The molecular weight excluding hydrogens is 408 g/mol. The third-order valence-corrected chi connectivity index (χ3v) is 5.17. The minimum atomic E-state index is -1.04. The third-order valence-electron chi connectivity index (χ3n) is 5.17. The van der Waals surface area contributed by atoms with Crippen LogP contribution in [0.5, 0.6) is 0 Å². The summed E-state index contributed by atoms with van der Waals surface area (Å²) in [7, 11) is 1.97. The standard InChI is InChI=1S/C23H28N6O3/c1-15(24)21(23(31)28-32)27-22(30)19-9-7-18(8-10-19)17-5-3-16(4-6-17)13-25-14-20-26-11-12-29(20)2/h3-12,15,21,25,32H,13-14,24H2,1-2H3,(H,27,30)(H,28,31)/t15-,21+/m1/s1. The first-order valence-corrected chi connectivity index (χ1v) is 10.3. The van der Waals surface area contributed by atoms with Gasteiger partial charge in [-0.05, 0) is 35.7 Å². The molecule has 9 nitrogen and oxygen atoms in total. The molecule has 1 aromatic heterocycles. The topological polar surface area (TPSA) is 134 Å². The molecule has 1 heterocycles. The molecule has 2 atom stereocenters. The molecule has 6 N–H and O–H groups in total. The predicted octanol–water partition coefficient (Wildman–Crippen LogP) is 1.33. The van der Waals surface area contributed by atoms with Gasteiger partial charge in [0.25, 0.3) is 11.8 Å². The Hall–Kier alpha value is -3.53. The van der Waals surface area contributed by atoms with E-state index in [0.717, 1.165) is 29.1 Å². The Balaban J connectivity index is 1.58. The second kappa shape index (κ2) is 10.7. The monoisotopic (exact) mass is 436 g/mol. The lowest BCUT2D eigenvalue weighted by molar-refractivity contribution is -0.131. The van der Waals surface area contributed by atoms with Crippen molar-refractivity contribution in [3.05, 3.63) is 77.9 Å². The van der Waals surface area contributed by atoms with Crippen LogP contribution in [0.2, 0.25) is 0 Å². The Kier molecular flexibility index (Phi) is 7.72. The molecule has 0 saturated carbocycles. The average molecular weight is 437 g/mol. The molecule has 0 bridgehead atoms. The van der Waals surface area contributed by atoms with Crippen molar-refractivity contribution >= 4 is 11.8 Å². The molecule has 0 radical (unpaired) electrons. The van der Waals surface area contributed by atoms with Crippen molar-refractivity contribution in [2.24, 2.45) is 12.8 Å². The van der Waals surface area contributed by atoms with Gasteiger partial charge in [-0.15, -0.1) is 0 Å². The fourth-order valence-electron chi connectivity index (χ4n) is 3.24. The van der Waals surface area contributed by atoms with Crippen LogP contribution in [0.15, 0.2) is 60.9 Å². The van der Waals surface area contributed by atoms with Crippen LogP contribution in [0, 0.1) is 0 Å². The highest BCUT2D eigenvalue weighted by atomic mass is 16.5. The average Bonchev–Trinajstić information content (AvgIpc) is 3.21. The fraction of sp³-hybridized carbons (Fsp3) is 0.261. The maximum absolute atomic E-state index is 12.4. The number of carbonyl (C=O) groups is 2. The molecule has 32 heavy (non-hydrogen) atoms. The van der Waals surface area contributed by atoms with E-state index in [1.54, 1.807) is 25.3 Å². The zero-order valence-corrected chi connectivity index (χ0v) is 18.1. The highest BCUT2D eigenvalue weighted by molar-refractivity contribution is 5.98. The van der Waals surface area contributed by atoms with Crippen LogP contribution in [0.4, 0.5) is 0 Å². The van der Waals surface area contributed by atoms with Crippen molar-refractivity contribution in [3.8, 4) is 11.1 Å². The highest BCUT2D eigenvalue weighted by Crippen LogP contribution is 2.20. The molecule has 168 valence electrons. The first-order valence-electron chi connectivity index (χ1n) is 10.3. The summed E-state index contributed by atoms with van der Waals surface area (Å²) in [6, 6.07) is 13.5. The number of nitrogens with zero attached hydrogens (tertiary/aromatic N) is 2. The molecule has 0 saturated heterocycles. The van der Waals surface area contributed by atoms with Crippen LogP contribution in [-0.2, 0) is 24.9 Å². The van der Waals surface area contributed by atoms with E-state index < -0.39 is 23.9 Å². The number of aromatic nitrogens is 2. The van der Waals surface area contributed by atoms with E-state index in [-0.39, 0.29) is 0 Å². The normalized spacial score (nSPS) is 12.8. The van der Waals surface area contributed by atoms with Crippen LogP contribution in [0.3, 0.4) is 0 Å². The number of nitrogens with one attached hydrogen (secondary N) is 3.